The summed E-state index contributed by atoms with van der Waals surface area (Å²) in [6.07, 6.45) is -0.601. The Kier molecular flexibility index (Phi) is 3.34. The normalized spacial score (nSPS) is 11.9. The molecule has 0 radical (unpaired) electrons. The molecule has 5 nitrogen and oxygen atoms in total. The van der Waals surface area contributed by atoms with Gasteiger partial charge in [-0.15, -0.1) is 0 Å². The molecule has 0 aromatic carbocycles. The lowest BCUT2D eigenvalue weighted by molar-refractivity contribution is 0.0540. The monoisotopic (exact) mass is 329 g/mol. The van der Waals surface area contributed by atoms with Gasteiger partial charge >= 0.3 is 6.09 Å². The number of hydrogen-bond acceptors (Lipinski definition) is 4. The molecule has 0 aliphatic rings. The first-order valence-electron chi connectivity index (χ1n) is 5.63. The van der Waals surface area contributed by atoms with Gasteiger partial charge in [-0.1, -0.05) is 0 Å². The smallest absolute Gasteiger partial charge is 0.420 e. The van der Waals surface area contributed by atoms with Crippen LogP contribution in [0.25, 0.3) is 11.2 Å². The number of pyridine rings is 1. The van der Waals surface area contributed by atoms with Crippen molar-refractivity contribution in [1.82, 2.24) is 14.5 Å². The maximum atomic E-state index is 13.5. The van der Waals surface area contributed by atoms with Crippen molar-refractivity contribution in [2.24, 2.45) is 0 Å². The number of fused-ring (bicyclic) bond motifs is 1. The van der Waals surface area contributed by atoms with Gasteiger partial charge in [-0.25, -0.2) is 23.7 Å². The Morgan fingerprint density at radius 1 is 1.42 bits per heavy atom. The number of ether oxygens (including phenoxy) is 1. The highest BCUT2D eigenvalue weighted by Crippen LogP contribution is 2.22. The molecule has 0 spiro atoms. The Labute approximate surface area is 117 Å². The van der Waals surface area contributed by atoms with Crippen LogP contribution in [-0.4, -0.2) is 26.2 Å². The van der Waals surface area contributed by atoms with Crippen molar-refractivity contribution in [3.63, 3.8) is 0 Å². The molecule has 0 atom stereocenters. The summed E-state index contributed by atoms with van der Waals surface area (Å²) in [6.45, 7) is 6.91. The highest BCUT2D eigenvalue weighted by molar-refractivity contribution is 9.10. The average Bonchev–Trinajstić information content (AvgIpc) is 2.52. The third-order valence-electron chi connectivity index (χ3n) is 2.30. The Morgan fingerprint density at radius 2 is 2.05 bits per heavy atom. The van der Waals surface area contributed by atoms with Crippen LogP contribution in [0.1, 0.15) is 26.6 Å². The second-order valence-corrected chi connectivity index (χ2v) is 5.83. The van der Waals surface area contributed by atoms with Crippen LogP contribution >= 0.6 is 15.9 Å². The lowest BCUT2D eigenvalue weighted by Crippen LogP contribution is -2.27. The number of aromatic nitrogens is 3. The van der Waals surface area contributed by atoms with Crippen molar-refractivity contribution >= 4 is 33.2 Å². The first kappa shape index (κ1) is 13.9. The summed E-state index contributed by atoms with van der Waals surface area (Å²) in [4.78, 5) is 20.1. The van der Waals surface area contributed by atoms with Crippen LogP contribution in [0, 0.1) is 12.7 Å². The predicted molar refractivity (Wildman–Crippen MR) is 71.6 cm³/mol. The minimum Gasteiger partial charge on any atom is -0.443 e. The molecule has 0 bridgehead atoms. The molecule has 0 aliphatic carbocycles. The zero-order valence-corrected chi connectivity index (χ0v) is 12.6. The van der Waals surface area contributed by atoms with Gasteiger partial charge < -0.3 is 4.74 Å². The molecule has 0 aliphatic heterocycles. The van der Waals surface area contributed by atoms with E-state index < -0.39 is 17.5 Å². The molecule has 19 heavy (non-hydrogen) atoms. The van der Waals surface area contributed by atoms with Gasteiger partial charge in [0.1, 0.15) is 21.5 Å². The third-order valence-corrected chi connectivity index (χ3v) is 2.86. The number of carbonyl (C=O) groups excluding carboxylic acids is 1. The summed E-state index contributed by atoms with van der Waals surface area (Å²) in [6, 6.07) is 1.20. The summed E-state index contributed by atoms with van der Waals surface area (Å²) < 4.78 is 20.1. The fourth-order valence-corrected chi connectivity index (χ4v) is 1.89. The maximum Gasteiger partial charge on any atom is 0.420 e. The van der Waals surface area contributed by atoms with E-state index in [0.717, 1.165) is 0 Å². The number of nitrogens with zero attached hydrogens (tertiary/aromatic N) is 3. The molecule has 2 aromatic rings. The van der Waals surface area contributed by atoms with Gasteiger partial charge in [0.05, 0.1) is 0 Å². The molecule has 0 fully saturated rings. The first-order valence-corrected chi connectivity index (χ1v) is 6.43. The molecule has 2 heterocycles. The van der Waals surface area contributed by atoms with Gasteiger partial charge in [0.25, 0.3) is 0 Å². The SMILES string of the molecule is Cc1nc2nc(Br)c(F)cc2n1C(=O)OC(C)(C)C. The van der Waals surface area contributed by atoms with Crippen LogP contribution in [0.15, 0.2) is 10.7 Å². The van der Waals surface area contributed by atoms with Gasteiger partial charge in [0.15, 0.2) is 11.5 Å². The van der Waals surface area contributed by atoms with Crippen LogP contribution in [0.2, 0.25) is 0 Å². The average molecular weight is 330 g/mol. The maximum absolute atomic E-state index is 13.5. The van der Waals surface area contributed by atoms with Crippen molar-refractivity contribution < 1.29 is 13.9 Å². The number of aryl methyl sites for hydroxylation is 1. The molecule has 7 heteroatoms. The predicted octanol–water partition coefficient (Wildman–Crippen LogP) is 3.42. The molecule has 0 amide bonds. The van der Waals surface area contributed by atoms with Gasteiger partial charge in [0.2, 0.25) is 0 Å². The summed E-state index contributed by atoms with van der Waals surface area (Å²) in [5.74, 6) is -0.161. The van der Waals surface area contributed by atoms with Crippen molar-refractivity contribution in [2.45, 2.75) is 33.3 Å². The van der Waals surface area contributed by atoms with E-state index in [1.165, 1.54) is 10.6 Å². The molecule has 0 unspecified atom stereocenters. The van der Waals surface area contributed by atoms with E-state index in [-0.39, 0.29) is 15.8 Å². The molecular weight excluding hydrogens is 317 g/mol. The molecule has 0 N–H and O–H groups in total. The highest BCUT2D eigenvalue weighted by Gasteiger charge is 2.22. The largest absolute Gasteiger partial charge is 0.443 e. The standard InChI is InChI=1S/C12H13BrFN3O2/c1-6-15-10-8(5-7(14)9(13)16-10)17(6)11(18)19-12(2,3)4/h5H,1-4H3. The second kappa shape index (κ2) is 4.56. The minimum atomic E-state index is -0.637. The lowest BCUT2D eigenvalue weighted by atomic mass is 10.2. The first-order chi connectivity index (χ1) is 8.69. The minimum absolute atomic E-state index is 0.0637. The van der Waals surface area contributed by atoms with Crippen LogP contribution in [0.4, 0.5) is 9.18 Å². The second-order valence-electron chi connectivity index (χ2n) is 5.08. The molecule has 0 saturated heterocycles. The molecular formula is C12H13BrFN3O2. The fourth-order valence-electron chi connectivity index (χ4n) is 1.61. The van der Waals surface area contributed by atoms with E-state index in [1.54, 1.807) is 27.7 Å². The Balaban J connectivity index is 2.57. The van der Waals surface area contributed by atoms with Gasteiger partial charge in [-0.3, -0.25) is 0 Å². The van der Waals surface area contributed by atoms with E-state index in [0.29, 0.717) is 5.82 Å². The van der Waals surface area contributed by atoms with Gasteiger partial charge in [-0.2, -0.15) is 0 Å². The summed E-state index contributed by atoms with van der Waals surface area (Å²) >= 11 is 2.98. The summed E-state index contributed by atoms with van der Waals surface area (Å²) in [5.41, 5.74) is -0.0642. The van der Waals surface area contributed by atoms with Crippen molar-refractivity contribution in [1.29, 1.82) is 0 Å². The number of imidazole rings is 1. The van der Waals surface area contributed by atoms with E-state index in [4.69, 9.17) is 4.74 Å². The van der Waals surface area contributed by atoms with Gasteiger partial charge in [-0.05, 0) is 43.6 Å². The quantitative estimate of drug-likeness (QED) is 0.695. The van der Waals surface area contributed by atoms with Crippen LogP contribution in [0.5, 0.6) is 0 Å². The molecule has 2 rings (SSSR count). The van der Waals surface area contributed by atoms with Crippen molar-refractivity contribution in [3.8, 4) is 0 Å². The number of carbonyl (C=O) groups is 1. The molecule has 2 aromatic heterocycles. The zero-order valence-electron chi connectivity index (χ0n) is 11.0. The number of hydrogen-bond donors (Lipinski definition) is 0. The third kappa shape index (κ3) is 2.75. The Hall–Kier alpha value is -1.50. The van der Waals surface area contributed by atoms with Crippen LogP contribution in [0.3, 0.4) is 0 Å². The zero-order chi connectivity index (χ0) is 14.4. The van der Waals surface area contributed by atoms with E-state index in [2.05, 4.69) is 25.9 Å². The summed E-state index contributed by atoms with van der Waals surface area (Å²) in [7, 11) is 0. The Morgan fingerprint density at radius 3 is 2.63 bits per heavy atom. The molecule has 102 valence electrons. The Bertz CT molecular complexity index is 661. The van der Waals surface area contributed by atoms with E-state index in [1.807, 2.05) is 0 Å². The number of halogens is 2. The highest BCUT2D eigenvalue weighted by atomic mass is 79.9. The van der Waals surface area contributed by atoms with Crippen molar-refractivity contribution in [2.75, 3.05) is 0 Å². The summed E-state index contributed by atoms with van der Waals surface area (Å²) in [5, 5.41) is 0. The van der Waals surface area contributed by atoms with Gasteiger partial charge in [0, 0.05) is 6.07 Å². The topological polar surface area (TPSA) is 57.0 Å². The lowest BCUT2D eigenvalue weighted by Gasteiger charge is -2.20. The fraction of sp³-hybridized carbons (Fsp3) is 0.417. The van der Waals surface area contributed by atoms with Crippen molar-refractivity contribution in [3.05, 3.63) is 22.3 Å². The van der Waals surface area contributed by atoms with E-state index in [9.17, 15) is 9.18 Å². The van der Waals surface area contributed by atoms with E-state index >= 15 is 0 Å². The number of rotatable bonds is 0. The molecule has 0 saturated carbocycles. The van der Waals surface area contributed by atoms with Crippen LogP contribution < -0.4 is 0 Å². The van der Waals surface area contributed by atoms with Crippen LogP contribution in [-0.2, 0) is 4.74 Å².